The third-order valence-corrected chi connectivity index (χ3v) is 3.33. The van der Waals surface area contributed by atoms with Crippen molar-refractivity contribution in [2.24, 2.45) is 0 Å². The number of amides is 1. The van der Waals surface area contributed by atoms with Crippen LogP contribution < -0.4 is 5.32 Å². The van der Waals surface area contributed by atoms with Gasteiger partial charge in [0.05, 0.1) is 5.69 Å². The van der Waals surface area contributed by atoms with E-state index in [1.807, 2.05) is 51.6 Å². The second-order valence-electron chi connectivity index (χ2n) is 6.99. The summed E-state index contributed by atoms with van der Waals surface area (Å²) in [5.41, 5.74) is 0.699. The molecule has 0 radical (unpaired) electrons. The van der Waals surface area contributed by atoms with Crippen LogP contribution in [0.15, 0.2) is 12.3 Å². The summed E-state index contributed by atoms with van der Waals surface area (Å²) in [6, 6.07) is 2.13. The molecule has 1 rings (SSSR count). The molecule has 0 unspecified atom stereocenters. The van der Waals surface area contributed by atoms with Crippen LogP contribution in [0.2, 0.25) is 0 Å². The van der Waals surface area contributed by atoms with E-state index in [4.69, 9.17) is 4.74 Å². The highest BCUT2D eigenvalue weighted by Gasteiger charge is 2.23. The van der Waals surface area contributed by atoms with E-state index in [9.17, 15) is 4.79 Å². The lowest BCUT2D eigenvalue weighted by Crippen LogP contribution is -2.44. The Morgan fingerprint density at radius 2 is 2.13 bits per heavy atom. The number of carbonyl (C=O) groups excluding carboxylic acids is 1. The molecule has 0 saturated carbocycles. The standard InChI is InChI=1S/C17H32N4O2/c1-7-11-21-15(8-9-19-21)13-18-10-12-20(14(2)3)16(22)23-17(4,5)6/h8-9,14,18H,7,10-13H2,1-6H3. The molecule has 132 valence electrons. The number of rotatable bonds is 8. The van der Waals surface area contributed by atoms with Crippen molar-refractivity contribution < 1.29 is 9.53 Å². The number of nitrogens with one attached hydrogen (secondary N) is 1. The van der Waals surface area contributed by atoms with Crippen LogP contribution in [0.3, 0.4) is 0 Å². The van der Waals surface area contributed by atoms with Crippen molar-refractivity contribution in [1.29, 1.82) is 0 Å². The number of aromatic nitrogens is 2. The van der Waals surface area contributed by atoms with Gasteiger partial charge in [-0.2, -0.15) is 5.10 Å². The summed E-state index contributed by atoms with van der Waals surface area (Å²) in [5, 5.41) is 7.69. The third-order valence-electron chi connectivity index (χ3n) is 3.33. The van der Waals surface area contributed by atoms with E-state index in [1.165, 1.54) is 5.69 Å². The molecular weight excluding hydrogens is 292 g/mol. The van der Waals surface area contributed by atoms with Crippen molar-refractivity contribution in [2.75, 3.05) is 13.1 Å². The minimum atomic E-state index is -0.468. The van der Waals surface area contributed by atoms with Gasteiger partial charge in [-0.05, 0) is 47.1 Å². The Bertz CT molecular complexity index is 477. The van der Waals surface area contributed by atoms with E-state index < -0.39 is 5.60 Å². The first-order chi connectivity index (χ1) is 10.7. The van der Waals surface area contributed by atoms with Crippen molar-refractivity contribution in [2.45, 2.75) is 72.7 Å². The fourth-order valence-corrected chi connectivity index (χ4v) is 2.22. The van der Waals surface area contributed by atoms with Crippen LogP contribution in [0.5, 0.6) is 0 Å². The molecule has 1 heterocycles. The molecule has 1 aromatic heterocycles. The fourth-order valence-electron chi connectivity index (χ4n) is 2.22. The number of ether oxygens (including phenoxy) is 1. The van der Waals surface area contributed by atoms with Gasteiger partial charge in [0, 0.05) is 38.4 Å². The van der Waals surface area contributed by atoms with Crippen molar-refractivity contribution in [3.8, 4) is 0 Å². The fraction of sp³-hybridized carbons (Fsp3) is 0.765. The van der Waals surface area contributed by atoms with Crippen LogP contribution in [0.4, 0.5) is 4.79 Å². The van der Waals surface area contributed by atoms with E-state index in [1.54, 1.807) is 4.90 Å². The smallest absolute Gasteiger partial charge is 0.410 e. The molecule has 0 bridgehead atoms. The maximum absolute atomic E-state index is 12.2. The first-order valence-electron chi connectivity index (χ1n) is 8.45. The van der Waals surface area contributed by atoms with Crippen LogP contribution in [0.25, 0.3) is 0 Å². The Labute approximate surface area is 140 Å². The first-order valence-corrected chi connectivity index (χ1v) is 8.45. The zero-order valence-corrected chi connectivity index (χ0v) is 15.4. The summed E-state index contributed by atoms with van der Waals surface area (Å²) in [6.07, 6.45) is 2.63. The summed E-state index contributed by atoms with van der Waals surface area (Å²) in [7, 11) is 0. The molecule has 0 aliphatic rings. The molecule has 6 nitrogen and oxygen atoms in total. The Morgan fingerprint density at radius 3 is 2.70 bits per heavy atom. The molecule has 0 atom stereocenters. The summed E-state index contributed by atoms with van der Waals surface area (Å²) >= 11 is 0. The summed E-state index contributed by atoms with van der Waals surface area (Å²) < 4.78 is 7.48. The predicted molar refractivity (Wildman–Crippen MR) is 92.3 cm³/mol. The van der Waals surface area contributed by atoms with Gasteiger partial charge in [-0.1, -0.05) is 6.92 Å². The first kappa shape index (κ1) is 19.5. The van der Waals surface area contributed by atoms with Crippen molar-refractivity contribution >= 4 is 6.09 Å². The molecule has 0 aliphatic carbocycles. The van der Waals surface area contributed by atoms with Gasteiger partial charge in [0.2, 0.25) is 0 Å². The minimum Gasteiger partial charge on any atom is -0.444 e. The summed E-state index contributed by atoms with van der Waals surface area (Å²) in [6.45, 7) is 14.8. The zero-order valence-electron chi connectivity index (χ0n) is 15.4. The average Bonchev–Trinajstić information content (AvgIpc) is 2.84. The minimum absolute atomic E-state index is 0.109. The molecule has 23 heavy (non-hydrogen) atoms. The second kappa shape index (κ2) is 8.91. The quantitative estimate of drug-likeness (QED) is 0.747. The summed E-state index contributed by atoms with van der Waals surface area (Å²) in [4.78, 5) is 14.0. The van der Waals surface area contributed by atoms with Gasteiger partial charge in [-0.15, -0.1) is 0 Å². The Balaban J connectivity index is 2.44. The maximum Gasteiger partial charge on any atom is 0.410 e. The van der Waals surface area contributed by atoms with Crippen LogP contribution >= 0.6 is 0 Å². The number of aryl methyl sites for hydroxylation is 1. The Kier molecular flexibility index (Phi) is 7.55. The van der Waals surface area contributed by atoms with E-state index in [0.717, 1.165) is 19.5 Å². The SMILES string of the molecule is CCCn1nccc1CNCCN(C(=O)OC(C)(C)C)C(C)C. The van der Waals surface area contributed by atoms with Crippen LogP contribution in [-0.4, -0.2) is 45.5 Å². The molecule has 0 aromatic carbocycles. The molecule has 6 heteroatoms. The highest BCUT2D eigenvalue weighted by atomic mass is 16.6. The van der Waals surface area contributed by atoms with Crippen molar-refractivity contribution in [1.82, 2.24) is 20.0 Å². The van der Waals surface area contributed by atoms with E-state index >= 15 is 0 Å². The summed E-state index contributed by atoms with van der Waals surface area (Å²) in [5.74, 6) is 0. The highest BCUT2D eigenvalue weighted by Crippen LogP contribution is 2.11. The monoisotopic (exact) mass is 324 g/mol. The largest absolute Gasteiger partial charge is 0.444 e. The molecule has 0 spiro atoms. The van der Waals surface area contributed by atoms with Crippen molar-refractivity contribution in [3.05, 3.63) is 18.0 Å². The number of nitrogens with zero attached hydrogens (tertiary/aromatic N) is 3. The van der Waals surface area contributed by atoms with Gasteiger partial charge in [-0.25, -0.2) is 4.79 Å². The lowest BCUT2D eigenvalue weighted by molar-refractivity contribution is 0.0193. The van der Waals surface area contributed by atoms with Crippen LogP contribution in [0, 0.1) is 0 Å². The predicted octanol–water partition coefficient (Wildman–Crippen LogP) is 3.03. The number of carbonyl (C=O) groups is 1. The zero-order chi connectivity index (χ0) is 17.5. The van der Waals surface area contributed by atoms with E-state index in [0.29, 0.717) is 13.1 Å². The highest BCUT2D eigenvalue weighted by molar-refractivity contribution is 5.68. The van der Waals surface area contributed by atoms with Gasteiger partial charge >= 0.3 is 6.09 Å². The topological polar surface area (TPSA) is 59.4 Å². The number of hydrogen-bond acceptors (Lipinski definition) is 4. The molecule has 1 amide bonds. The van der Waals surface area contributed by atoms with Gasteiger partial charge in [0.25, 0.3) is 0 Å². The van der Waals surface area contributed by atoms with Gasteiger partial charge in [0.15, 0.2) is 0 Å². The lowest BCUT2D eigenvalue weighted by atomic mass is 10.2. The van der Waals surface area contributed by atoms with Crippen molar-refractivity contribution in [3.63, 3.8) is 0 Å². The van der Waals surface area contributed by atoms with Crippen LogP contribution in [-0.2, 0) is 17.8 Å². The van der Waals surface area contributed by atoms with Gasteiger partial charge in [-0.3, -0.25) is 4.68 Å². The Morgan fingerprint density at radius 1 is 1.43 bits per heavy atom. The normalized spacial score (nSPS) is 11.8. The Hall–Kier alpha value is -1.56. The molecule has 1 aromatic rings. The van der Waals surface area contributed by atoms with Gasteiger partial charge < -0.3 is 15.0 Å². The third kappa shape index (κ3) is 7.03. The molecule has 1 N–H and O–H groups in total. The molecule has 0 fully saturated rings. The maximum atomic E-state index is 12.2. The molecule has 0 saturated heterocycles. The number of hydrogen-bond donors (Lipinski definition) is 1. The lowest BCUT2D eigenvalue weighted by Gasteiger charge is -2.30. The second-order valence-corrected chi connectivity index (χ2v) is 6.99. The molecule has 0 aliphatic heterocycles. The average molecular weight is 324 g/mol. The van der Waals surface area contributed by atoms with Crippen LogP contribution in [0.1, 0.15) is 53.7 Å². The van der Waals surface area contributed by atoms with Gasteiger partial charge in [0.1, 0.15) is 5.60 Å². The molecular formula is C17H32N4O2. The van der Waals surface area contributed by atoms with E-state index in [2.05, 4.69) is 17.3 Å². The van der Waals surface area contributed by atoms with E-state index in [-0.39, 0.29) is 12.1 Å².